The Morgan fingerprint density at radius 3 is 2.00 bits per heavy atom. The maximum absolute atomic E-state index is 11.9. The molecule has 0 aromatic heterocycles. The van der Waals surface area contributed by atoms with E-state index in [1.807, 2.05) is 43.0 Å². The van der Waals surface area contributed by atoms with Crippen LogP contribution in [0.5, 0.6) is 0 Å². The molecule has 0 aliphatic carbocycles. The molecule has 1 aromatic rings. The van der Waals surface area contributed by atoms with Crippen molar-refractivity contribution in [3.63, 3.8) is 0 Å². The van der Waals surface area contributed by atoms with Gasteiger partial charge in [-0.25, -0.2) is 0 Å². The van der Waals surface area contributed by atoms with Crippen LogP contribution in [-0.2, 0) is 4.79 Å². The summed E-state index contributed by atoms with van der Waals surface area (Å²) < 4.78 is 0. The highest BCUT2D eigenvalue weighted by Crippen LogP contribution is 2.19. The monoisotopic (exact) mass is 274 g/mol. The van der Waals surface area contributed by atoms with Gasteiger partial charge < -0.3 is 9.80 Å². The molecule has 2 rings (SSSR count). The zero-order chi connectivity index (χ0) is 14.7. The Bertz CT molecular complexity index is 486. The van der Waals surface area contributed by atoms with Crippen LogP contribution in [0.1, 0.15) is 31.1 Å². The summed E-state index contributed by atoms with van der Waals surface area (Å²) in [5.41, 5.74) is 1.89. The van der Waals surface area contributed by atoms with E-state index in [4.69, 9.17) is 0 Å². The summed E-state index contributed by atoms with van der Waals surface area (Å²) in [6.07, 6.45) is 0. The highest BCUT2D eigenvalue weighted by Gasteiger charge is 2.19. The summed E-state index contributed by atoms with van der Waals surface area (Å²) in [5.74, 6) is 0.348. The third-order valence-electron chi connectivity index (χ3n) is 3.77. The molecule has 0 bridgehead atoms. The van der Waals surface area contributed by atoms with E-state index in [1.54, 1.807) is 6.92 Å². The Kier molecular flexibility index (Phi) is 4.42. The molecule has 0 atom stereocenters. The second kappa shape index (κ2) is 6.07. The van der Waals surface area contributed by atoms with Gasteiger partial charge in [0.15, 0.2) is 5.78 Å². The number of benzene rings is 1. The Balaban J connectivity index is 2.01. The number of hydrogen-bond donors (Lipinski definition) is 0. The van der Waals surface area contributed by atoms with Crippen molar-refractivity contribution in [3.8, 4) is 0 Å². The number of carbonyl (C=O) groups excluding carboxylic acids is 2. The topological polar surface area (TPSA) is 40.6 Å². The minimum absolute atomic E-state index is 0.0277. The minimum atomic E-state index is 0.0277. The first kappa shape index (κ1) is 14.6. The third kappa shape index (κ3) is 3.18. The van der Waals surface area contributed by atoms with Crippen LogP contribution in [0.2, 0.25) is 0 Å². The molecule has 1 amide bonds. The molecular weight excluding hydrogens is 252 g/mol. The molecule has 4 nitrogen and oxygen atoms in total. The lowest BCUT2D eigenvalue weighted by Gasteiger charge is -2.35. The van der Waals surface area contributed by atoms with Gasteiger partial charge in [0.1, 0.15) is 0 Å². The number of nitrogens with zero attached hydrogens (tertiary/aromatic N) is 2. The van der Waals surface area contributed by atoms with Crippen molar-refractivity contribution in [1.82, 2.24) is 4.90 Å². The predicted octanol–water partition coefficient (Wildman–Crippen LogP) is 2.19. The first-order valence-corrected chi connectivity index (χ1v) is 7.14. The summed E-state index contributed by atoms with van der Waals surface area (Å²) in [7, 11) is 0. The van der Waals surface area contributed by atoms with Gasteiger partial charge in [-0.05, 0) is 24.3 Å². The van der Waals surface area contributed by atoms with Gasteiger partial charge in [0.25, 0.3) is 0 Å². The molecule has 1 saturated heterocycles. The van der Waals surface area contributed by atoms with Crippen molar-refractivity contribution >= 4 is 17.4 Å². The van der Waals surface area contributed by atoms with E-state index < -0.39 is 0 Å². The fraction of sp³-hybridized carbons (Fsp3) is 0.500. The van der Waals surface area contributed by atoms with Crippen molar-refractivity contribution in [2.75, 3.05) is 31.1 Å². The fourth-order valence-corrected chi connectivity index (χ4v) is 2.45. The van der Waals surface area contributed by atoms with Crippen molar-refractivity contribution in [3.05, 3.63) is 29.8 Å². The molecule has 20 heavy (non-hydrogen) atoms. The number of hydrogen-bond acceptors (Lipinski definition) is 3. The van der Waals surface area contributed by atoms with E-state index in [-0.39, 0.29) is 17.6 Å². The van der Waals surface area contributed by atoms with Gasteiger partial charge in [0, 0.05) is 50.3 Å². The summed E-state index contributed by atoms with van der Waals surface area (Å²) >= 11 is 0. The van der Waals surface area contributed by atoms with Crippen molar-refractivity contribution in [2.24, 2.45) is 5.92 Å². The SMILES string of the molecule is CC(=O)N1CCN(c2ccc(C(=O)C(C)C)cc2)CC1. The number of amides is 1. The lowest BCUT2D eigenvalue weighted by Crippen LogP contribution is -2.48. The van der Waals surface area contributed by atoms with Gasteiger partial charge in [0.2, 0.25) is 5.91 Å². The first-order valence-electron chi connectivity index (χ1n) is 7.14. The van der Waals surface area contributed by atoms with Gasteiger partial charge in [0.05, 0.1) is 0 Å². The smallest absolute Gasteiger partial charge is 0.219 e. The van der Waals surface area contributed by atoms with Crippen LogP contribution >= 0.6 is 0 Å². The van der Waals surface area contributed by atoms with Crippen LogP contribution < -0.4 is 4.90 Å². The van der Waals surface area contributed by atoms with Crippen molar-refractivity contribution < 1.29 is 9.59 Å². The minimum Gasteiger partial charge on any atom is -0.368 e. The van der Waals surface area contributed by atoms with Gasteiger partial charge in [-0.2, -0.15) is 0 Å². The van der Waals surface area contributed by atoms with Gasteiger partial charge in [-0.15, -0.1) is 0 Å². The Morgan fingerprint density at radius 2 is 1.55 bits per heavy atom. The van der Waals surface area contributed by atoms with Crippen molar-refractivity contribution in [1.29, 1.82) is 0 Å². The number of ketones is 1. The average molecular weight is 274 g/mol. The van der Waals surface area contributed by atoms with Crippen molar-refractivity contribution in [2.45, 2.75) is 20.8 Å². The van der Waals surface area contributed by atoms with E-state index >= 15 is 0 Å². The van der Waals surface area contributed by atoms with E-state index in [1.165, 1.54) is 0 Å². The van der Waals surface area contributed by atoms with Crippen LogP contribution in [0.15, 0.2) is 24.3 Å². The van der Waals surface area contributed by atoms with Crippen LogP contribution in [0.4, 0.5) is 5.69 Å². The summed E-state index contributed by atoms with van der Waals surface area (Å²) in [6, 6.07) is 7.79. The Morgan fingerprint density at radius 1 is 1.00 bits per heavy atom. The van der Waals surface area contributed by atoms with Crippen LogP contribution in [0.25, 0.3) is 0 Å². The van der Waals surface area contributed by atoms with Gasteiger partial charge in [-0.1, -0.05) is 13.8 Å². The second-order valence-electron chi connectivity index (χ2n) is 5.56. The molecule has 1 aliphatic heterocycles. The molecule has 1 aromatic carbocycles. The first-order chi connectivity index (χ1) is 9.49. The van der Waals surface area contributed by atoms with E-state index in [0.29, 0.717) is 0 Å². The predicted molar refractivity (Wildman–Crippen MR) is 80.1 cm³/mol. The lowest BCUT2D eigenvalue weighted by atomic mass is 10.0. The lowest BCUT2D eigenvalue weighted by molar-refractivity contribution is -0.129. The molecule has 0 saturated carbocycles. The molecule has 4 heteroatoms. The molecule has 0 N–H and O–H groups in total. The average Bonchev–Trinajstić information content (AvgIpc) is 2.46. The summed E-state index contributed by atoms with van der Waals surface area (Å²) in [4.78, 5) is 27.3. The fourth-order valence-electron chi connectivity index (χ4n) is 2.45. The number of rotatable bonds is 3. The quantitative estimate of drug-likeness (QED) is 0.793. The molecule has 0 radical (unpaired) electrons. The highest BCUT2D eigenvalue weighted by atomic mass is 16.2. The number of anilines is 1. The molecule has 1 aliphatic rings. The molecule has 1 heterocycles. The Labute approximate surface area is 120 Å². The molecule has 0 unspecified atom stereocenters. The third-order valence-corrected chi connectivity index (χ3v) is 3.77. The zero-order valence-electron chi connectivity index (χ0n) is 12.4. The standard InChI is InChI=1S/C16H22N2O2/c1-12(2)16(20)14-4-6-15(7-5-14)18-10-8-17(9-11-18)13(3)19/h4-7,12H,8-11H2,1-3H3. The largest absolute Gasteiger partial charge is 0.368 e. The Hall–Kier alpha value is -1.84. The van der Waals surface area contributed by atoms with E-state index in [0.717, 1.165) is 37.4 Å². The maximum Gasteiger partial charge on any atom is 0.219 e. The van der Waals surface area contributed by atoms with Gasteiger partial charge in [-0.3, -0.25) is 9.59 Å². The van der Waals surface area contributed by atoms with Gasteiger partial charge >= 0.3 is 0 Å². The zero-order valence-corrected chi connectivity index (χ0v) is 12.4. The highest BCUT2D eigenvalue weighted by molar-refractivity contribution is 5.97. The van der Waals surface area contributed by atoms with Crippen LogP contribution in [0, 0.1) is 5.92 Å². The van der Waals surface area contributed by atoms with Crippen LogP contribution in [-0.4, -0.2) is 42.8 Å². The summed E-state index contributed by atoms with van der Waals surface area (Å²) in [5, 5.41) is 0. The van der Waals surface area contributed by atoms with E-state index in [9.17, 15) is 9.59 Å². The molecule has 0 spiro atoms. The molecular formula is C16H22N2O2. The second-order valence-corrected chi connectivity index (χ2v) is 5.56. The number of carbonyl (C=O) groups is 2. The number of piperazine rings is 1. The normalized spacial score (nSPS) is 15.6. The van der Waals surface area contributed by atoms with E-state index in [2.05, 4.69) is 4.90 Å². The molecule has 108 valence electrons. The molecule has 1 fully saturated rings. The van der Waals surface area contributed by atoms with Crippen LogP contribution in [0.3, 0.4) is 0 Å². The summed E-state index contributed by atoms with van der Waals surface area (Å²) in [6.45, 7) is 8.66. The number of Topliss-reactive ketones (excluding diaryl/α,β-unsaturated/α-hetero) is 1. The maximum atomic E-state index is 11.9.